The van der Waals surface area contributed by atoms with Crippen molar-refractivity contribution in [2.45, 2.75) is 25.2 Å². The monoisotopic (exact) mass is 642 g/mol. The van der Waals surface area contributed by atoms with E-state index >= 15 is 0 Å². The molecule has 0 aliphatic rings. The number of amides is 1. The van der Waals surface area contributed by atoms with Crippen LogP contribution in [0.15, 0.2) is 82.8 Å². The first-order chi connectivity index (χ1) is 20.5. The molecule has 4 aromatic rings. The number of hydrazone groups is 1. The lowest BCUT2D eigenvalue weighted by molar-refractivity contribution is -0.121. The lowest BCUT2D eigenvalue weighted by atomic mass is 10.1. The van der Waals surface area contributed by atoms with Crippen molar-refractivity contribution in [3.63, 3.8) is 0 Å². The van der Waals surface area contributed by atoms with Gasteiger partial charge in [-0.25, -0.2) is 13.8 Å². The summed E-state index contributed by atoms with van der Waals surface area (Å²) < 4.78 is 41.1. The second-order valence-electron chi connectivity index (χ2n) is 9.64. The topological polar surface area (TPSA) is 102 Å². The summed E-state index contributed by atoms with van der Waals surface area (Å²) in [7, 11) is -1.19. The van der Waals surface area contributed by atoms with Crippen LogP contribution < -0.4 is 14.9 Å². The minimum Gasteiger partial charge on any atom is -0.493 e. The van der Waals surface area contributed by atoms with Gasteiger partial charge < -0.3 is 14.0 Å². The Labute approximate surface area is 261 Å². The molecule has 0 unspecified atom stereocenters. The normalized spacial score (nSPS) is 11.7. The molecule has 0 fully saturated rings. The van der Waals surface area contributed by atoms with Gasteiger partial charge in [-0.1, -0.05) is 53.5 Å². The van der Waals surface area contributed by atoms with Crippen molar-refractivity contribution in [1.82, 2.24) is 14.3 Å². The molecule has 1 aromatic heterocycles. The number of nitrogens with zero attached hydrogens (tertiary/aromatic N) is 3. The number of benzene rings is 3. The number of aromatic nitrogens is 1. The lowest BCUT2D eigenvalue weighted by Gasteiger charge is -2.22. The van der Waals surface area contributed by atoms with E-state index in [1.165, 1.54) is 38.6 Å². The maximum absolute atomic E-state index is 13.7. The van der Waals surface area contributed by atoms with E-state index in [-0.39, 0.29) is 17.2 Å². The van der Waals surface area contributed by atoms with E-state index < -0.39 is 22.5 Å². The summed E-state index contributed by atoms with van der Waals surface area (Å²) in [6.45, 7) is 3.49. The van der Waals surface area contributed by atoms with E-state index in [1.807, 2.05) is 60.9 Å². The Morgan fingerprint density at radius 1 is 0.953 bits per heavy atom. The van der Waals surface area contributed by atoms with Crippen molar-refractivity contribution in [3.05, 3.63) is 105 Å². The van der Waals surface area contributed by atoms with Gasteiger partial charge in [0, 0.05) is 35.2 Å². The quantitative estimate of drug-likeness (QED) is 0.155. The van der Waals surface area contributed by atoms with Crippen LogP contribution in [0.4, 0.5) is 0 Å². The summed E-state index contributed by atoms with van der Waals surface area (Å²) in [5.74, 6) is 0.0636. The molecule has 9 nitrogen and oxygen atoms in total. The molecule has 4 rings (SSSR count). The van der Waals surface area contributed by atoms with Gasteiger partial charge >= 0.3 is 0 Å². The highest BCUT2D eigenvalue weighted by Gasteiger charge is 2.28. The van der Waals surface area contributed by atoms with E-state index in [2.05, 4.69) is 10.5 Å². The molecule has 0 saturated carbocycles. The van der Waals surface area contributed by atoms with Crippen molar-refractivity contribution >= 4 is 45.3 Å². The fourth-order valence-corrected chi connectivity index (χ4v) is 6.32. The van der Waals surface area contributed by atoms with E-state index in [0.29, 0.717) is 22.2 Å². The van der Waals surface area contributed by atoms with Crippen LogP contribution in [-0.2, 0) is 21.2 Å². The summed E-state index contributed by atoms with van der Waals surface area (Å²) in [6.07, 6.45) is 1.93. The highest BCUT2D eigenvalue weighted by atomic mass is 35.5. The predicted octanol–water partition coefficient (Wildman–Crippen LogP) is 5.80. The molecule has 1 N–H and O–H groups in total. The molecule has 0 aliphatic heterocycles. The number of carbonyl (C=O) groups excluding carboxylic acids is 1. The number of ether oxygens (including phenoxy) is 2. The molecule has 0 bridgehead atoms. The fraction of sp³-hybridized carbons (Fsp3) is 0.226. The summed E-state index contributed by atoms with van der Waals surface area (Å²) in [5.41, 5.74) is 6.80. The van der Waals surface area contributed by atoms with Crippen molar-refractivity contribution < 1.29 is 22.7 Å². The number of rotatable bonds is 12. The summed E-state index contributed by atoms with van der Waals surface area (Å²) in [5, 5.41) is 5.02. The van der Waals surface area contributed by atoms with E-state index in [9.17, 15) is 13.2 Å². The summed E-state index contributed by atoms with van der Waals surface area (Å²) >= 11 is 12.3. The van der Waals surface area contributed by atoms with Crippen molar-refractivity contribution in [2.24, 2.45) is 5.10 Å². The third kappa shape index (κ3) is 7.58. The number of nitrogens with one attached hydrogen (secondary N) is 1. The van der Waals surface area contributed by atoms with Gasteiger partial charge in [0.25, 0.3) is 5.91 Å². The van der Waals surface area contributed by atoms with Crippen LogP contribution in [0.2, 0.25) is 10.0 Å². The molecule has 1 amide bonds. The number of sulfonamides is 1. The molecule has 0 atom stereocenters. The third-order valence-electron chi connectivity index (χ3n) is 6.83. The van der Waals surface area contributed by atoms with Gasteiger partial charge in [-0.2, -0.15) is 9.41 Å². The van der Waals surface area contributed by atoms with Gasteiger partial charge in [0.2, 0.25) is 10.0 Å². The maximum atomic E-state index is 13.7. The van der Waals surface area contributed by atoms with E-state index in [4.69, 9.17) is 32.7 Å². The lowest BCUT2D eigenvalue weighted by Crippen LogP contribution is -2.40. The van der Waals surface area contributed by atoms with Crippen molar-refractivity contribution in [1.29, 1.82) is 0 Å². The average molecular weight is 644 g/mol. The maximum Gasteiger partial charge on any atom is 0.255 e. The Balaban J connectivity index is 1.53. The first-order valence-corrected chi connectivity index (χ1v) is 15.5. The fourth-order valence-electron chi connectivity index (χ4n) is 4.62. The van der Waals surface area contributed by atoms with Crippen molar-refractivity contribution in [2.75, 3.05) is 27.3 Å². The number of methoxy groups -OCH3 is 2. The van der Waals surface area contributed by atoms with Gasteiger partial charge in [-0.05, 0) is 62.2 Å². The van der Waals surface area contributed by atoms with E-state index in [1.54, 1.807) is 12.1 Å². The molecule has 43 heavy (non-hydrogen) atoms. The number of hydrogen-bond acceptors (Lipinski definition) is 6. The van der Waals surface area contributed by atoms with Crippen LogP contribution in [0.3, 0.4) is 0 Å². The third-order valence-corrected chi connectivity index (χ3v) is 9.41. The van der Waals surface area contributed by atoms with Gasteiger partial charge in [-0.3, -0.25) is 4.79 Å². The molecule has 0 spiro atoms. The first kappa shape index (κ1) is 32.1. The van der Waals surface area contributed by atoms with Crippen LogP contribution in [0.25, 0.3) is 5.69 Å². The largest absolute Gasteiger partial charge is 0.493 e. The Morgan fingerprint density at radius 2 is 1.67 bits per heavy atom. The standard InChI is InChI=1S/C31H32Cl2N4O5S/c1-21-16-24(22(2)37(21)25-10-12-27(32)28(33)17-25)19-34-35-31(38)20-36(15-14-23-8-6-5-7-9-23)43(39,40)26-11-13-29(41-3)30(18-26)42-4/h5-13,16-19H,14-15,20H2,1-4H3,(H,35,38)/b34-19+. The zero-order chi connectivity index (χ0) is 31.1. The first-order valence-electron chi connectivity index (χ1n) is 13.3. The second-order valence-corrected chi connectivity index (χ2v) is 12.4. The Bertz CT molecular complexity index is 1740. The molecule has 0 aliphatic carbocycles. The molecule has 3 aromatic carbocycles. The Hall–Kier alpha value is -3.83. The predicted molar refractivity (Wildman–Crippen MR) is 169 cm³/mol. The Morgan fingerprint density at radius 3 is 2.35 bits per heavy atom. The molecule has 0 saturated heterocycles. The summed E-state index contributed by atoms with van der Waals surface area (Å²) in [6, 6.07) is 21.0. The van der Waals surface area contributed by atoms with Gasteiger partial charge in [-0.15, -0.1) is 0 Å². The molecule has 0 radical (unpaired) electrons. The second kappa shape index (κ2) is 14.1. The number of aryl methyl sites for hydroxylation is 1. The smallest absolute Gasteiger partial charge is 0.255 e. The van der Waals surface area contributed by atoms with Crippen LogP contribution in [-0.4, -0.2) is 56.7 Å². The zero-order valence-electron chi connectivity index (χ0n) is 24.2. The SMILES string of the molecule is COc1ccc(S(=O)(=O)N(CCc2ccccc2)CC(=O)N/N=C/c2cc(C)n(-c3ccc(Cl)c(Cl)c3)c2C)cc1OC. The number of halogens is 2. The van der Waals surface area contributed by atoms with Gasteiger partial charge in [0.15, 0.2) is 11.5 Å². The number of carbonyl (C=O) groups is 1. The Kier molecular flexibility index (Phi) is 10.5. The molecule has 226 valence electrons. The minimum absolute atomic E-state index is 0.0238. The van der Waals surface area contributed by atoms with Crippen LogP contribution in [0.1, 0.15) is 22.5 Å². The van der Waals surface area contributed by atoms with Crippen LogP contribution in [0.5, 0.6) is 11.5 Å². The molecule has 1 heterocycles. The van der Waals surface area contributed by atoms with Crippen LogP contribution in [0, 0.1) is 13.8 Å². The minimum atomic E-state index is -4.09. The van der Waals surface area contributed by atoms with Gasteiger partial charge in [0.05, 0.1) is 41.9 Å². The van der Waals surface area contributed by atoms with Gasteiger partial charge in [0.1, 0.15) is 0 Å². The molecule has 12 heteroatoms. The molecular weight excluding hydrogens is 611 g/mol. The summed E-state index contributed by atoms with van der Waals surface area (Å²) in [4.78, 5) is 13.0. The average Bonchev–Trinajstić information content (AvgIpc) is 3.28. The molecular formula is C31H32Cl2N4O5S. The van der Waals surface area contributed by atoms with E-state index in [0.717, 1.165) is 32.5 Å². The zero-order valence-corrected chi connectivity index (χ0v) is 26.5. The van der Waals surface area contributed by atoms with Crippen LogP contribution >= 0.6 is 23.2 Å². The highest BCUT2D eigenvalue weighted by molar-refractivity contribution is 7.89. The van der Waals surface area contributed by atoms with Crippen molar-refractivity contribution in [3.8, 4) is 17.2 Å². The number of hydrogen-bond donors (Lipinski definition) is 1. The highest BCUT2D eigenvalue weighted by Crippen LogP contribution is 2.31.